The number of carbonyl (C=O) groups excluding carboxylic acids is 3. The van der Waals surface area contributed by atoms with Crippen molar-refractivity contribution < 1.29 is 64.8 Å². The molecule has 0 spiro atoms. The Labute approximate surface area is 232 Å². The summed E-state index contributed by atoms with van der Waals surface area (Å²) < 4.78 is 93.4. The highest BCUT2D eigenvalue weighted by molar-refractivity contribution is 6.01. The van der Waals surface area contributed by atoms with Gasteiger partial charge in [-0.25, -0.2) is 14.4 Å². The topological polar surface area (TPSA) is 128 Å². The molecular formula is C27H19F6NO8. The molecule has 9 nitrogen and oxygen atoms in total. The van der Waals surface area contributed by atoms with Crippen LogP contribution in [0.2, 0.25) is 0 Å². The van der Waals surface area contributed by atoms with Crippen molar-refractivity contribution in [3.05, 3.63) is 95.1 Å². The number of anilines is 1. The predicted molar refractivity (Wildman–Crippen MR) is 131 cm³/mol. The van der Waals surface area contributed by atoms with Crippen LogP contribution in [0.3, 0.4) is 0 Å². The standard InChI is InChI=1S/C27H19F6NO8/c1-40-19-10-4-9-18(13-19)34-22(35)20(41-24(38)14-5-2-7-16(11-14)26(28,29)30)21(23(36)37)42-25(39)15-6-3-8-17(12-15)27(31,32)33/h2-13,20-21H,1H3,(H,34,35)(H,36,37)/t20-,21+/m0/s1. The number of nitrogens with one attached hydrogen (secondary N) is 1. The first-order chi connectivity index (χ1) is 19.6. The van der Waals surface area contributed by atoms with E-state index in [4.69, 9.17) is 14.2 Å². The van der Waals surface area contributed by atoms with Crippen LogP contribution in [-0.4, -0.2) is 48.2 Å². The molecule has 0 aliphatic carbocycles. The van der Waals surface area contributed by atoms with Gasteiger partial charge in [0.25, 0.3) is 5.91 Å². The third-order valence-corrected chi connectivity index (χ3v) is 5.43. The molecule has 1 amide bonds. The van der Waals surface area contributed by atoms with E-state index in [2.05, 4.69) is 5.32 Å². The van der Waals surface area contributed by atoms with Gasteiger partial charge in [0.2, 0.25) is 12.2 Å². The minimum absolute atomic E-state index is 0.0205. The van der Waals surface area contributed by atoms with Crippen molar-refractivity contribution in [3.63, 3.8) is 0 Å². The largest absolute Gasteiger partial charge is 0.497 e. The van der Waals surface area contributed by atoms with Gasteiger partial charge in [0.05, 0.1) is 29.4 Å². The van der Waals surface area contributed by atoms with Crippen LogP contribution in [0.4, 0.5) is 32.0 Å². The lowest BCUT2D eigenvalue weighted by molar-refractivity contribution is -0.157. The number of amides is 1. The van der Waals surface area contributed by atoms with Crippen LogP contribution >= 0.6 is 0 Å². The van der Waals surface area contributed by atoms with E-state index in [0.29, 0.717) is 24.3 Å². The Hall–Kier alpha value is -5.08. The number of carboxylic acids is 1. The van der Waals surface area contributed by atoms with E-state index in [-0.39, 0.29) is 11.4 Å². The fraction of sp³-hybridized carbons (Fsp3) is 0.185. The van der Waals surface area contributed by atoms with E-state index in [1.807, 2.05) is 0 Å². The fourth-order valence-corrected chi connectivity index (χ4v) is 3.42. The minimum Gasteiger partial charge on any atom is -0.497 e. The van der Waals surface area contributed by atoms with Crippen molar-refractivity contribution >= 4 is 29.5 Å². The monoisotopic (exact) mass is 599 g/mol. The summed E-state index contributed by atoms with van der Waals surface area (Å²) in [6.45, 7) is 0. The van der Waals surface area contributed by atoms with Gasteiger partial charge in [0, 0.05) is 11.8 Å². The molecule has 222 valence electrons. The molecule has 0 fully saturated rings. The van der Waals surface area contributed by atoms with E-state index in [1.165, 1.54) is 31.4 Å². The lowest BCUT2D eigenvalue weighted by atomic mass is 10.1. The molecule has 0 saturated heterocycles. The second kappa shape index (κ2) is 12.6. The van der Waals surface area contributed by atoms with E-state index in [0.717, 1.165) is 24.3 Å². The van der Waals surface area contributed by atoms with Crippen LogP contribution in [0.1, 0.15) is 31.8 Å². The zero-order valence-electron chi connectivity index (χ0n) is 21.2. The second-order valence-electron chi connectivity index (χ2n) is 8.37. The molecule has 0 aliphatic rings. The lowest BCUT2D eigenvalue weighted by Gasteiger charge is -2.24. The number of rotatable bonds is 9. The van der Waals surface area contributed by atoms with Gasteiger partial charge in [-0.2, -0.15) is 26.3 Å². The third kappa shape index (κ3) is 7.99. The second-order valence-corrected chi connectivity index (χ2v) is 8.37. The first kappa shape index (κ1) is 31.4. The molecule has 42 heavy (non-hydrogen) atoms. The first-order valence-corrected chi connectivity index (χ1v) is 11.5. The number of aliphatic carboxylic acids is 1. The van der Waals surface area contributed by atoms with Crippen molar-refractivity contribution in [1.82, 2.24) is 0 Å². The maximum absolute atomic E-state index is 13.1. The van der Waals surface area contributed by atoms with Crippen molar-refractivity contribution in [2.75, 3.05) is 12.4 Å². The lowest BCUT2D eigenvalue weighted by Crippen LogP contribution is -2.48. The number of benzene rings is 3. The van der Waals surface area contributed by atoms with Crippen LogP contribution in [0, 0.1) is 0 Å². The molecule has 2 atom stereocenters. The van der Waals surface area contributed by atoms with E-state index in [1.54, 1.807) is 0 Å². The van der Waals surface area contributed by atoms with Gasteiger partial charge < -0.3 is 24.6 Å². The number of alkyl halides is 6. The Morgan fingerprint density at radius 2 is 1.19 bits per heavy atom. The first-order valence-electron chi connectivity index (χ1n) is 11.5. The molecule has 3 rings (SSSR count). The van der Waals surface area contributed by atoms with Gasteiger partial charge in [0.15, 0.2) is 0 Å². The molecular weight excluding hydrogens is 580 g/mol. The Kier molecular flexibility index (Phi) is 9.45. The molecule has 0 unspecified atom stereocenters. The number of hydrogen-bond acceptors (Lipinski definition) is 7. The molecule has 0 bridgehead atoms. The quantitative estimate of drug-likeness (QED) is 0.254. The Balaban J connectivity index is 1.98. The van der Waals surface area contributed by atoms with Crippen molar-refractivity contribution in [2.45, 2.75) is 24.6 Å². The molecule has 0 heterocycles. The van der Waals surface area contributed by atoms with Crippen LogP contribution < -0.4 is 10.1 Å². The molecule has 3 aromatic carbocycles. The summed E-state index contributed by atoms with van der Waals surface area (Å²) in [5, 5.41) is 12.0. The Morgan fingerprint density at radius 3 is 1.64 bits per heavy atom. The Morgan fingerprint density at radius 1 is 0.714 bits per heavy atom. The zero-order valence-corrected chi connectivity index (χ0v) is 21.2. The molecule has 0 saturated carbocycles. The van der Waals surface area contributed by atoms with Crippen molar-refractivity contribution in [2.24, 2.45) is 0 Å². The highest BCUT2D eigenvalue weighted by atomic mass is 19.4. The molecule has 15 heteroatoms. The van der Waals surface area contributed by atoms with Gasteiger partial charge >= 0.3 is 30.3 Å². The maximum atomic E-state index is 13.1. The van der Waals surface area contributed by atoms with Gasteiger partial charge in [-0.15, -0.1) is 0 Å². The summed E-state index contributed by atoms with van der Waals surface area (Å²) in [5.41, 5.74) is -4.05. The van der Waals surface area contributed by atoms with Crippen LogP contribution in [0.25, 0.3) is 0 Å². The highest BCUT2D eigenvalue weighted by Crippen LogP contribution is 2.31. The number of halogens is 6. The minimum atomic E-state index is -4.87. The smallest absolute Gasteiger partial charge is 0.416 e. The average molecular weight is 599 g/mol. The maximum Gasteiger partial charge on any atom is 0.416 e. The van der Waals surface area contributed by atoms with E-state index in [9.17, 15) is 50.6 Å². The molecule has 0 aliphatic heterocycles. The number of carbonyl (C=O) groups is 4. The average Bonchev–Trinajstić information content (AvgIpc) is 2.93. The summed E-state index contributed by atoms with van der Waals surface area (Å²) in [6, 6.07) is 11.0. The number of ether oxygens (including phenoxy) is 3. The fourth-order valence-electron chi connectivity index (χ4n) is 3.42. The van der Waals surface area contributed by atoms with Gasteiger partial charge in [-0.1, -0.05) is 18.2 Å². The van der Waals surface area contributed by atoms with E-state index < -0.39 is 70.6 Å². The summed E-state index contributed by atoms with van der Waals surface area (Å²) >= 11 is 0. The Bertz CT molecular complexity index is 1490. The van der Waals surface area contributed by atoms with Crippen molar-refractivity contribution in [1.29, 1.82) is 0 Å². The summed E-state index contributed by atoms with van der Waals surface area (Å²) in [4.78, 5) is 50.7. The molecule has 0 radical (unpaired) electrons. The SMILES string of the molecule is COc1cccc(NC(=O)[C@@H](OC(=O)c2cccc(C(F)(F)F)c2)[C@@H](OC(=O)c2cccc(C(F)(F)F)c2)C(=O)O)c1. The third-order valence-electron chi connectivity index (χ3n) is 5.43. The van der Waals surface area contributed by atoms with Gasteiger partial charge in [-0.3, -0.25) is 4.79 Å². The van der Waals surface area contributed by atoms with Crippen LogP contribution in [0.5, 0.6) is 5.75 Å². The zero-order chi connectivity index (χ0) is 31.2. The van der Waals surface area contributed by atoms with Gasteiger partial charge in [0.1, 0.15) is 5.75 Å². The highest BCUT2D eigenvalue weighted by Gasteiger charge is 2.42. The summed E-state index contributed by atoms with van der Waals surface area (Å²) in [6.07, 6.45) is -14.9. The van der Waals surface area contributed by atoms with E-state index >= 15 is 0 Å². The number of carboxylic acid groups (broad SMARTS) is 1. The number of esters is 2. The van der Waals surface area contributed by atoms with Gasteiger partial charge in [-0.05, 0) is 48.5 Å². The molecule has 0 aromatic heterocycles. The summed E-state index contributed by atoms with van der Waals surface area (Å²) in [7, 11) is 1.30. The predicted octanol–water partition coefficient (Wildman–Crippen LogP) is 5.21. The molecule has 3 aromatic rings. The number of hydrogen-bond donors (Lipinski definition) is 2. The molecule has 2 N–H and O–H groups in total. The number of methoxy groups -OCH3 is 1. The van der Waals surface area contributed by atoms with Crippen LogP contribution in [0.15, 0.2) is 72.8 Å². The van der Waals surface area contributed by atoms with Crippen molar-refractivity contribution in [3.8, 4) is 5.75 Å². The van der Waals surface area contributed by atoms with Crippen LogP contribution in [-0.2, 0) is 31.4 Å². The normalized spacial score (nSPS) is 12.9. The summed E-state index contributed by atoms with van der Waals surface area (Å²) in [5.74, 6) is -6.49.